The minimum Gasteiger partial charge on any atom is -0.507 e. The zero-order valence-electron chi connectivity index (χ0n) is 19.6. The lowest BCUT2D eigenvalue weighted by atomic mass is 9.95. The minimum absolute atomic E-state index is 0.0261. The molecule has 2 aromatic carbocycles. The highest BCUT2D eigenvalue weighted by Gasteiger charge is 2.46. The number of amides is 1. The molecule has 8 heteroatoms. The van der Waals surface area contributed by atoms with Gasteiger partial charge in [0.2, 0.25) is 0 Å². The largest absolute Gasteiger partial charge is 0.507 e. The Bertz CT molecular complexity index is 1060. The summed E-state index contributed by atoms with van der Waals surface area (Å²) in [5, 5.41) is 11.2. The van der Waals surface area contributed by atoms with Crippen molar-refractivity contribution in [3.63, 3.8) is 0 Å². The van der Waals surface area contributed by atoms with Gasteiger partial charge in [-0.2, -0.15) is 0 Å². The fourth-order valence-corrected chi connectivity index (χ4v) is 3.82. The van der Waals surface area contributed by atoms with Crippen LogP contribution in [0.3, 0.4) is 0 Å². The molecule has 0 aliphatic carbocycles. The van der Waals surface area contributed by atoms with E-state index in [0.717, 1.165) is 0 Å². The van der Waals surface area contributed by atoms with Crippen molar-refractivity contribution in [2.24, 2.45) is 0 Å². The van der Waals surface area contributed by atoms with Crippen LogP contribution in [0.4, 0.5) is 0 Å². The van der Waals surface area contributed by atoms with Gasteiger partial charge in [-0.15, -0.1) is 0 Å². The van der Waals surface area contributed by atoms with Crippen LogP contribution in [0.15, 0.2) is 48.0 Å². The molecule has 176 valence electrons. The van der Waals surface area contributed by atoms with Gasteiger partial charge >= 0.3 is 0 Å². The topological polar surface area (TPSA) is 88.5 Å². The Labute approximate surface area is 194 Å². The van der Waals surface area contributed by atoms with E-state index < -0.39 is 17.7 Å². The molecule has 3 rings (SSSR count). The summed E-state index contributed by atoms with van der Waals surface area (Å²) in [7, 11) is 6.83. The number of likely N-dealkylation sites (N-methyl/N-ethyl adjacent to an activating group) is 1. The number of hydrogen-bond donors (Lipinski definition) is 1. The van der Waals surface area contributed by atoms with Crippen LogP contribution >= 0.6 is 0 Å². The van der Waals surface area contributed by atoms with Gasteiger partial charge in [0.1, 0.15) is 11.5 Å². The molecule has 8 nitrogen and oxygen atoms in total. The van der Waals surface area contributed by atoms with E-state index in [2.05, 4.69) is 0 Å². The first-order chi connectivity index (χ1) is 15.8. The van der Waals surface area contributed by atoms with Crippen LogP contribution in [0.25, 0.3) is 5.76 Å². The Hall–Kier alpha value is -3.52. The van der Waals surface area contributed by atoms with Crippen molar-refractivity contribution in [1.82, 2.24) is 9.80 Å². The molecule has 1 N–H and O–H groups in total. The van der Waals surface area contributed by atoms with Crippen molar-refractivity contribution in [3.8, 4) is 17.2 Å². The number of carbonyl (C=O) groups is 2. The zero-order valence-corrected chi connectivity index (χ0v) is 19.6. The van der Waals surface area contributed by atoms with Crippen molar-refractivity contribution in [1.29, 1.82) is 0 Å². The van der Waals surface area contributed by atoms with Crippen molar-refractivity contribution in [2.75, 3.05) is 48.0 Å². The Morgan fingerprint density at radius 1 is 1.06 bits per heavy atom. The summed E-state index contributed by atoms with van der Waals surface area (Å²) in [5.74, 6) is -0.0700. The molecule has 1 heterocycles. The predicted molar refractivity (Wildman–Crippen MR) is 125 cm³/mol. The highest BCUT2D eigenvalue weighted by molar-refractivity contribution is 6.46. The second-order valence-corrected chi connectivity index (χ2v) is 7.87. The number of hydrogen-bond acceptors (Lipinski definition) is 7. The molecule has 1 saturated heterocycles. The van der Waals surface area contributed by atoms with E-state index in [1.807, 2.05) is 25.9 Å². The van der Waals surface area contributed by atoms with Crippen LogP contribution in [0, 0.1) is 0 Å². The van der Waals surface area contributed by atoms with E-state index in [1.165, 1.54) is 19.1 Å². The van der Waals surface area contributed by atoms with E-state index in [9.17, 15) is 14.7 Å². The van der Waals surface area contributed by atoms with Crippen LogP contribution < -0.4 is 14.2 Å². The number of ketones is 1. The highest BCUT2D eigenvalue weighted by atomic mass is 16.5. The molecule has 1 amide bonds. The van der Waals surface area contributed by atoms with E-state index in [4.69, 9.17) is 14.2 Å². The molecular weight excluding hydrogens is 424 g/mol. The van der Waals surface area contributed by atoms with E-state index >= 15 is 0 Å². The number of carbonyl (C=O) groups excluding carboxylic acids is 2. The van der Waals surface area contributed by atoms with Gasteiger partial charge < -0.3 is 29.1 Å². The Morgan fingerprint density at radius 3 is 2.45 bits per heavy atom. The SMILES string of the molecule is CCOc1ccc([C@@H]2C(=C(O)c3cccc(OC)c3)C(=O)C(=O)N2CCN(C)C)cc1OC. The number of benzene rings is 2. The van der Waals surface area contributed by atoms with Crippen molar-refractivity contribution in [3.05, 3.63) is 59.2 Å². The molecule has 1 aliphatic heterocycles. The monoisotopic (exact) mass is 454 g/mol. The highest BCUT2D eigenvalue weighted by Crippen LogP contribution is 2.42. The molecule has 0 aromatic heterocycles. The van der Waals surface area contributed by atoms with E-state index in [-0.39, 0.29) is 11.3 Å². The van der Waals surface area contributed by atoms with Gasteiger partial charge in [-0.3, -0.25) is 9.59 Å². The molecule has 33 heavy (non-hydrogen) atoms. The second kappa shape index (κ2) is 10.4. The number of Topliss-reactive ketones (excluding diaryl/α,β-unsaturated/α-hetero) is 1. The summed E-state index contributed by atoms with van der Waals surface area (Å²) in [5.41, 5.74) is 1.05. The number of methoxy groups -OCH3 is 2. The van der Waals surface area contributed by atoms with Crippen LogP contribution in [0.5, 0.6) is 17.2 Å². The quantitative estimate of drug-likeness (QED) is 0.354. The first kappa shape index (κ1) is 24.1. The van der Waals surface area contributed by atoms with Gasteiger partial charge in [-0.25, -0.2) is 0 Å². The molecule has 0 radical (unpaired) electrons. The fraction of sp³-hybridized carbons (Fsp3) is 0.360. The molecule has 2 aromatic rings. The van der Waals surface area contributed by atoms with Gasteiger partial charge in [0.15, 0.2) is 11.5 Å². The second-order valence-electron chi connectivity index (χ2n) is 7.87. The predicted octanol–water partition coefficient (Wildman–Crippen LogP) is 3.09. The average molecular weight is 455 g/mol. The summed E-state index contributed by atoms with van der Waals surface area (Å²) >= 11 is 0. The average Bonchev–Trinajstić information content (AvgIpc) is 3.07. The number of aliphatic hydroxyl groups is 1. The number of ether oxygens (including phenoxy) is 3. The van der Waals surface area contributed by atoms with Gasteiger partial charge in [0.05, 0.1) is 32.4 Å². The lowest BCUT2D eigenvalue weighted by Gasteiger charge is -2.27. The lowest BCUT2D eigenvalue weighted by Crippen LogP contribution is -2.35. The van der Waals surface area contributed by atoms with Crippen molar-refractivity contribution in [2.45, 2.75) is 13.0 Å². The fourth-order valence-electron chi connectivity index (χ4n) is 3.82. The minimum atomic E-state index is -0.777. The maximum Gasteiger partial charge on any atom is 0.295 e. The summed E-state index contributed by atoms with van der Waals surface area (Å²) in [6.07, 6.45) is 0. The maximum atomic E-state index is 13.1. The number of likely N-dealkylation sites (tertiary alicyclic amines) is 1. The van der Waals surface area contributed by atoms with Gasteiger partial charge in [0.25, 0.3) is 11.7 Å². The third-order valence-electron chi connectivity index (χ3n) is 5.47. The molecule has 0 bridgehead atoms. The summed E-state index contributed by atoms with van der Waals surface area (Å²) in [6, 6.07) is 11.2. The third-order valence-corrected chi connectivity index (χ3v) is 5.47. The Balaban J connectivity index is 2.18. The molecule has 1 atom stereocenters. The van der Waals surface area contributed by atoms with Crippen LogP contribution in [-0.4, -0.2) is 74.6 Å². The molecule has 1 aliphatic rings. The lowest BCUT2D eigenvalue weighted by molar-refractivity contribution is -0.140. The van der Waals surface area contributed by atoms with Crippen molar-refractivity contribution < 1.29 is 28.9 Å². The smallest absolute Gasteiger partial charge is 0.295 e. The Morgan fingerprint density at radius 2 is 1.82 bits per heavy atom. The van der Waals surface area contributed by atoms with E-state index in [0.29, 0.717) is 48.1 Å². The standard InChI is InChI=1S/C25H30N2O6/c1-6-33-19-11-10-16(15-20(19)32-5)22-21(23(28)17-8-7-9-18(14-17)31-4)24(29)25(30)27(22)13-12-26(2)3/h7-11,14-15,22,28H,6,12-13H2,1-5H3/t22-/m1/s1. The summed E-state index contributed by atoms with van der Waals surface area (Å²) < 4.78 is 16.3. The van der Waals surface area contributed by atoms with Gasteiger partial charge in [0, 0.05) is 18.7 Å². The van der Waals surface area contributed by atoms with Gasteiger partial charge in [-0.1, -0.05) is 18.2 Å². The summed E-state index contributed by atoms with van der Waals surface area (Å²) in [4.78, 5) is 29.6. The first-order valence-corrected chi connectivity index (χ1v) is 10.7. The van der Waals surface area contributed by atoms with Crippen LogP contribution in [-0.2, 0) is 9.59 Å². The first-order valence-electron chi connectivity index (χ1n) is 10.7. The van der Waals surface area contributed by atoms with Gasteiger partial charge in [-0.05, 0) is 50.8 Å². The van der Waals surface area contributed by atoms with E-state index in [1.54, 1.807) is 42.5 Å². The van der Waals surface area contributed by atoms with Crippen LogP contribution in [0.1, 0.15) is 24.1 Å². The molecular formula is C25H30N2O6. The molecule has 1 fully saturated rings. The van der Waals surface area contributed by atoms with Crippen molar-refractivity contribution >= 4 is 17.4 Å². The normalized spacial score (nSPS) is 17.5. The molecule has 0 saturated carbocycles. The molecule has 0 spiro atoms. The third kappa shape index (κ3) is 4.96. The summed E-state index contributed by atoms with van der Waals surface area (Å²) in [6.45, 7) is 3.20. The number of nitrogens with zero attached hydrogens (tertiary/aromatic N) is 2. The Kier molecular flexibility index (Phi) is 7.60. The maximum absolute atomic E-state index is 13.1. The number of rotatable bonds is 9. The van der Waals surface area contributed by atoms with Crippen LogP contribution in [0.2, 0.25) is 0 Å². The number of aliphatic hydroxyl groups excluding tert-OH is 1. The zero-order chi connectivity index (χ0) is 24.1. The molecule has 0 unspecified atom stereocenters.